The summed E-state index contributed by atoms with van der Waals surface area (Å²) >= 11 is 6.03. The molecule has 0 saturated carbocycles. The number of rotatable bonds is 7. The van der Waals surface area contributed by atoms with E-state index in [-0.39, 0.29) is 35.2 Å². The van der Waals surface area contributed by atoms with Crippen molar-refractivity contribution < 1.29 is 39.5 Å². The highest BCUT2D eigenvalue weighted by Crippen LogP contribution is 2.36. The van der Waals surface area contributed by atoms with Gasteiger partial charge in [0.15, 0.2) is 0 Å². The van der Waals surface area contributed by atoms with Gasteiger partial charge in [0, 0.05) is 29.9 Å². The first-order chi connectivity index (χ1) is 17.7. The van der Waals surface area contributed by atoms with Crippen molar-refractivity contribution in [3.63, 3.8) is 0 Å². The molecule has 0 atom stereocenters. The molecule has 4 aromatic rings. The zero-order valence-corrected chi connectivity index (χ0v) is 22.1. The van der Waals surface area contributed by atoms with Gasteiger partial charge >= 0.3 is 12.5 Å². The molecule has 1 heterocycles. The van der Waals surface area contributed by atoms with Crippen LogP contribution in [0.4, 0.5) is 37.7 Å². The first kappa shape index (κ1) is 30.4. The molecule has 15 heteroatoms. The maximum absolute atomic E-state index is 13.5. The van der Waals surface area contributed by atoms with Crippen LogP contribution in [-0.4, -0.2) is 25.8 Å². The monoisotopic (exact) mass is 613 g/mol. The van der Waals surface area contributed by atoms with Crippen LogP contribution >= 0.6 is 24.0 Å². The Labute approximate surface area is 230 Å². The number of halogens is 8. The minimum Gasteiger partial charge on any atom is -0.406 e. The molecule has 0 unspecified atom stereocenters. The van der Waals surface area contributed by atoms with E-state index in [1.54, 1.807) is 19.2 Å². The van der Waals surface area contributed by atoms with Gasteiger partial charge in [-0.05, 0) is 55.1 Å². The summed E-state index contributed by atoms with van der Waals surface area (Å²) in [4.78, 5) is -0.448. The highest BCUT2D eigenvalue weighted by molar-refractivity contribution is 7.90. The van der Waals surface area contributed by atoms with E-state index in [1.807, 2.05) is 0 Å². The van der Waals surface area contributed by atoms with Crippen LogP contribution in [-0.2, 0) is 22.7 Å². The molecule has 0 saturated heterocycles. The number of aromatic nitrogens is 1. The summed E-state index contributed by atoms with van der Waals surface area (Å²) in [7, 11) is -2.75. The standard InChI is InChI=1S/C24H18ClF6N3O3S.ClH/c1-32-12-14-13-34(38(35,36)18-4-2-3-17(11-18)37-24(29,30)31)22-10-16(6-7-19(14)22)33-21-8-5-15(9-20(21)25)23(26,27)28;/h2-11,13,32-33H,12H2,1H3;1H. The molecule has 0 radical (unpaired) electrons. The second-order valence-electron chi connectivity index (χ2n) is 8.06. The molecule has 4 rings (SSSR count). The number of hydrogen-bond donors (Lipinski definition) is 2. The molecule has 0 spiro atoms. The Kier molecular flexibility index (Phi) is 8.70. The van der Waals surface area contributed by atoms with Crippen LogP contribution in [0.2, 0.25) is 5.02 Å². The highest BCUT2D eigenvalue weighted by atomic mass is 35.5. The van der Waals surface area contributed by atoms with E-state index in [9.17, 15) is 34.8 Å². The second kappa shape index (κ2) is 11.2. The van der Waals surface area contributed by atoms with Crippen molar-refractivity contribution in [3.05, 3.63) is 83.0 Å². The van der Waals surface area contributed by atoms with Crippen LogP contribution in [0, 0.1) is 0 Å². The van der Waals surface area contributed by atoms with E-state index in [0.717, 1.165) is 46.4 Å². The summed E-state index contributed by atoms with van der Waals surface area (Å²) in [5.74, 6) is -0.704. The Bertz CT molecular complexity index is 1610. The van der Waals surface area contributed by atoms with Crippen molar-refractivity contribution in [1.82, 2.24) is 9.29 Å². The Hall–Kier alpha value is -3.13. The summed E-state index contributed by atoms with van der Waals surface area (Å²) in [6.07, 6.45) is -8.26. The number of ether oxygens (including phenoxy) is 1. The largest absolute Gasteiger partial charge is 0.573 e. The van der Waals surface area contributed by atoms with Crippen molar-refractivity contribution in [2.24, 2.45) is 0 Å². The van der Waals surface area contributed by atoms with Gasteiger partial charge in [0.05, 0.1) is 26.7 Å². The van der Waals surface area contributed by atoms with Gasteiger partial charge in [-0.15, -0.1) is 25.6 Å². The smallest absolute Gasteiger partial charge is 0.406 e. The Morgan fingerprint density at radius 3 is 2.31 bits per heavy atom. The van der Waals surface area contributed by atoms with E-state index < -0.39 is 38.8 Å². The van der Waals surface area contributed by atoms with Crippen molar-refractivity contribution in [2.75, 3.05) is 12.4 Å². The summed E-state index contributed by atoms with van der Waals surface area (Å²) < 4.78 is 109. The van der Waals surface area contributed by atoms with E-state index in [0.29, 0.717) is 16.6 Å². The quantitative estimate of drug-likeness (QED) is 0.213. The van der Waals surface area contributed by atoms with Gasteiger partial charge < -0.3 is 15.4 Å². The van der Waals surface area contributed by atoms with E-state index in [1.165, 1.54) is 12.3 Å². The molecule has 0 aliphatic heterocycles. The molecule has 0 amide bonds. The normalized spacial score (nSPS) is 12.3. The van der Waals surface area contributed by atoms with Gasteiger partial charge in [0.25, 0.3) is 10.0 Å². The van der Waals surface area contributed by atoms with Crippen LogP contribution in [0.1, 0.15) is 11.1 Å². The Balaban J connectivity index is 0.00000420. The zero-order chi connectivity index (χ0) is 27.9. The topological polar surface area (TPSA) is 72.4 Å². The first-order valence-corrected chi connectivity index (χ1v) is 12.5. The van der Waals surface area contributed by atoms with E-state index in [4.69, 9.17) is 11.6 Å². The number of nitrogens with one attached hydrogen (secondary N) is 2. The van der Waals surface area contributed by atoms with Gasteiger partial charge in [0.1, 0.15) is 5.75 Å². The van der Waals surface area contributed by atoms with Gasteiger partial charge in [-0.2, -0.15) is 13.2 Å². The van der Waals surface area contributed by atoms with E-state index >= 15 is 0 Å². The van der Waals surface area contributed by atoms with Crippen molar-refractivity contribution in [2.45, 2.75) is 24.0 Å². The van der Waals surface area contributed by atoms with Gasteiger partial charge in [-0.25, -0.2) is 12.4 Å². The van der Waals surface area contributed by atoms with Crippen LogP contribution in [0.15, 0.2) is 71.8 Å². The minimum absolute atomic E-state index is 0. The lowest BCUT2D eigenvalue weighted by atomic mass is 10.1. The maximum atomic E-state index is 13.5. The molecular formula is C24H19Cl2F6N3O3S. The van der Waals surface area contributed by atoms with Gasteiger partial charge in [-0.3, -0.25) is 0 Å². The second-order valence-corrected chi connectivity index (χ2v) is 10.3. The molecular weight excluding hydrogens is 595 g/mol. The summed E-state index contributed by atoms with van der Waals surface area (Å²) in [6.45, 7) is 0.272. The third-order valence-corrected chi connectivity index (χ3v) is 7.38. The van der Waals surface area contributed by atoms with Crippen molar-refractivity contribution in [1.29, 1.82) is 0 Å². The minimum atomic E-state index is -5.01. The SMILES string of the molecule is CNCc1cn(S(=O)(=O)c2cccc(OC(F)(F)F)c2)c2cc(Nc3ccc(C(F)(F)F)cc3Cl)ccc12.Cl. The maximum Gasteiger partial charge on any atom is 0.573 e. The first-order valence-electron chi connectivity index (χ1n) is 10.7. The molecule has 0 aliphatic carbocycles. The average Bonchev–Trinajstić information content (AvgIpc) is 3.17. The average molecular weight is 614 g/mol. The summed E-state index contributed by atoms with van der Waals surface area (Å²) in [5, 5.41) is 6.10. The van der Waals surface area contributed by atoms with Gasteiger partial charge in [-0.1, -0.05) is 23.7 Å². The molecule has 210 valence electrons. The molecule has 0 fully saturated rings. The number of nitrogens with zero attached hydrogens (tertiary/aromatic N) is 1. The lowest BCUT2D eigenvalue weighted by Gasteiger charge is -2.13. The summed E-state index contributed by atoms with van der Waals surface area (Å²) in [5.41, 5.74) is 0.265. The van der Waals surface area contributed by atoms with Crippen LogP contribution in [0.25, 0.3) is 10.9 Å². The molecule has 0 aliphatic rings. The number of alkyl halides is 6. The molecule has 6 nitrogen and oxygen atoms in total. The number of fused-ring (bicyclic) bond motifs is 1. The molecule has 39 heavy (non-hydrogen) atoms. The van der Waals surface area contributed by atoms with Crippen LogP contribution < -0.4 is 15.4 Å². The molecule has 2 N–H and O–H groups in total. The number of anilines is 2. The van der Waals surface area contributed by atoms with E-state index in [2.05, 4.69) is 15.4 Å². The predicted octanol–water partition coefficient (Wildman–Crippen LogP) is 7.33. The highest BCUT2D eigenvalue weighted by Gasteiger charge is 2.32. The molecule has 3 aromatic carbocycles. The van der Waals surface area contributed by atoms with Crippen LogP contribution in [0.5, 0.6) is 5.75 Å². The summed E-state index contributed by atoms with van der Waals surface area (Å²) in [6, 6.07) is 11.4. The third-order valence-electron chi connectivity index (χ3n) is 5.39. The third kappa shape index (κ3) is 6.72. The zero-order valence-electron chi connectivity index (χ0n) is 19.7. The van der Waals surface area contributed by atoms with Crippen molar-refractivity contribution >= 4 is 56.3 Å². The fourth-order valence-corrected chi connectivity index (χ4v) is 5.41. The predicted molar refractivity (Wildman–Crippen MR) is 137 cm³/mol. The fraction of sp³-hybridized carbons (Fsp3) is 0.167. The number of benzene rings is 3. The number of hydrogen-bond acceptors (Lipinski definition) is 5. The Morgan fingerprint density at radius 1 is 0.974 bits per heavy atom. The molecule has 1 aromatic heterocycles. The van der Waals surface area contributed by atoms with Gasteiger partial charge in [0.2, 0.25) is 0 Å². The lowest BCUT2D eigenvalue weighted by Crippen LogP contribution is -2.18. The van der Waals surface area contributed by atoms with Crippen LogP contribution in [0.3, 0.4) is 0 Å². The lowest BCUT2D eigenvalue weighted by molar-refractivity contribution is -0.274. The molecule has 0 bridgehead atoms. The van der Waals surface area contributed by atoms with Crippen molar-refractivity contribution in [3.8, 4) is 5.75 Å². The fourth-order valence-electron chi connectivity index (χ4n) is 3.77. The Morgan fingerprint density at radius 2 is 1.69 bits per heavy atom.